The first-order valence-corrected chi connectivity index (χ1v) is 11.6. The van der Waals surface area contributed by atoms with Crippen molar-refractivity contribution in [2.75, 3.05) is 7.11 Å². The molecule has 178 valence electrons. The van der Waals surface area contributed by atoms with Gasteiger partial charge in [-0.15, -0.1) is 0 Å². The van der Waals surface area contributed by atoms with Gasteiger partial charge in [-0.25, -0.2) is 0 Å². The third-order valence-corrected chi connectivity index (χ3v) is 6.30. The summed E-state index contributed by atoms with van der Waals surface area (Å²) in [6, 6.07) is 18.6. The average Bonchev–Trinajstić information content (AvgIpc) is 3.11. The Hall–Kier alpha value is -3.82. The molecule has 1 heterocycles. The van der Waals surface area contributed by atoms with Crippen molar-refractivity contribution in [3.05, 3.63) is 103 Å². The van der Waals surface area contributed by atoms with E-state index in [1.165, 1.54) is 24.1 Å². The molecule has 3 aromatic carbocycles. The van der Waals surface area contributed by atoms with Crippen molar-refractivity contribution in [3.8, 4) is 11.5 Å². The minimum Gasteiger partial charge on any atom is -0.493 e. The molecule has 4 rings (SSSR count). The Labute approximate surface area is 210 Å². The lowest BCUT2D eigenvalue weighted by molar-refractivity contribution is -0.384. The lowest BCUT2D eigenvalue weighted by Gasteiger charge is -2.14. The van der Waals surface area contributed by atoms with E-state index in [-0.39, 0.29) is 45.7 Å². The molecule has 3 aromatic rings. The molecule has 0 bridgehead atoms. The van der Waals surface area contributed by atoms with E-state index in [0.29, 0.717) is 16.9 Å². The Morgan fingerprint density at radius 2 is 1.80 bits per heavy atom. The number of benzene rings is 3. The molecule has 0 N–H and O–H groups in total. The van der Waals surface area contributed by atoms with Crippen LogP contribution in [0.4, 0.5) is 10.5 Å². The highest BCUT2D eigenvalue weighted by Gasteiger charge is 2.35. The van der Waals surface area contributed by atoms with Crippen LogP contribution >= 0.6 is 23.4 Å². The van der Waals surface area contributed by atoms with Crippen molar-refractivity contribution in [1.29, 1.82) is 0 Å². The normalized spacial score (nSPS) is 14.5. The summed E-state index contributed by atoms with van der Waals surface area (Å²) < 4.78 is 11.2. The lowest BCUT2D eigenvalue weighted by atomic mass is 10.1. The van der Waals surface area contributed by atoms with Crippen LogP contribution in [0, 0.1) is 10.1 Å². The Kier molecular flexibility index (Phi) is 7.38. The van der Waals surface area contributed by atoms with Crippen LogP contribution in [-0.2, 0) is 17.9 Å². The van der Waals surface area contributed by atoms with Crippen LogP contribution in [0.2, 0.25) is 5.02 Å². The molecule has 35 heavy (non-hydrogen) atoms. The number of halogens is 1. The van der Waals surface area contributed by atoms with Gasteiger partial charge >= 0.3 is 0 Å². The maximum absolute atomic E-state index is 12.8. The van der Waals surface area contributed by atoms with Gasteiger partial charge in [-0.3, -0.25) is 24.6 Å². The second kappa shape index (κ2) is 10.6. The van der Waals surface area contributed by atoms with E-state index in [2.05, 4.69) is 0 Å². The fraction of sp³-hybridized carbons (Fsp3) is 0.120. The van der Waals surface area contributed by atoms with Crippen molar-refractivity contribution in [2.24, 2.45) is 0 Å². The number of nitro groups is 1. The second-order valence-corrected chi connectivity index (χ2v) is 8.90. The van der Waals surface area contributed by atoms with Gasteiger partial charge in [-0.05, 0) is 46.7 Å². The fourth-order valence-corrected chi connectivity index (χ4v) is 4.54. The first-order valence-electron chi connectivity index (χ1n) is 10.4. The number of hydrogen-bond donors (Lipinski definition) is 0. The monoisotopic (exact) mass is 510 g/mol. The molecule has 0 aromatic heterocycles. The fourth-order valence-electron chi connectivity index (χ4n) is 3.43. The molecule has 10 heteroatoms. The van der Waals surface area contributed by atoms with Crippen LogP contribution < -0.4 is 9.47 Å². The van der Waals surface area contributed by atoms with Crippen LogP contribution in [0.3, 0.4) is 0 Å². The van der Waals surface area contributed by atoms with Gasteiger partial charge in [-0.1, -0.05) is 54.1 Å². The zero-order chi connectivity index (χ0) is 24.9. The van der Waals surface area contributed by atoms with Gasteiger partial charge in [0.2, 0.25) is 0 Å². The van der Waals surface area contributed by atoms with Crippen molar-refractivity contribution in [1.82, 2.24) is 4.90 Å². The maximum Gasteiger partial charge on any atom is 0.293 e. The minimum absolute atomic E-state index is 0.0372. The SMILES string of the molecule is COc1cc(/C=C2\SC(=O)N(Cc3ccccc3)C2=O)cc(Cl)c1OCc1cccc([N+](=O)[O-])c1. The van der Waals surface area contributed by atoms with E-state index < -0.39 is 4.92 Å². The standard InChI is InChI=1S/C25H19ClN2O6S/c1-33-21-12-18(11-20(26)23(21)34-15-17-8-5-9-19(10-17)28(31)32)13-22-24(29)27(25(30)35-22)14-16-6-3-2-4-7-16/h2-13H,14-15H2,1H3/b22-13-. The highest BCUT2D eigenvalue weighted by molar-refractivity contribution is 8.18. The molecule has 1 saturated heterocycles. The van der Waals surface area contributed by atoms with E-state index in [9.17, 15) is 19.7 Å². The molecule has 0 atom stereocenters. The summed E-state index contributed by atoms with van der Waals surface area (Å²) in [6.45, 7) is 0.229. The average molecular weight is 511 g/mol. The summed E-state index contributed by atoms with van der Waals surface area (Å²) in [5, 5.41) is 10.9. The highest BCUT2D eigenvalue weighted by atomic mass is 35.5. The number of non-ortho nitro benzene ring substituents is 1. The van der Waals surface area contributed by atoms with Crippen molar-refractivity contribution in [2.45, 2.75) is 13.2 Å². The van der Waals surface area contributed by atoms with Crippen LogP contribution in [0.1, 0.15) is 16.7 Å². The van der Waals surface area contributed by atoms with Gasteiger partial charge in [-0.2, -0.15) is 0 Å². The number of thioether (sulfide) groups is 1. The van der Waals surface area contributed by atoms with Gasteiger partial charge in [0.15, 0.2) is 11.5 Å². The molecule has 8 nitrogen and oxygen atoms in total. The number of carbonyl (C=O) groups excluding carboxylic acids is 2. The van der Waals surface area contributed by atoms with Crippen LogP contribution in [0.15, 0.2) is 71.6 Å². The number of hydrogen-bond acceptors (Lipinski definition) is 7. The Balaban J connectivity index is 1.53. The van der Waals surface area contributed by atoms with E-state index in [1.807, 2.05) is 30.3 Å². The van der Waals surface area contributed by atoms with Crippen LogP contribution in [0.5, 0.6) is 11.5 Å². The van der Waals surface area contributed by atoms with Crippen molar-refractivity contribution >= 4 is 46.3 Å². The van der Waals surface area contributed by atoms with Crippen molar-refractivity contribution < 1.29 is 24.0 Å². The molecular weight excluding hydrogens is 492 g/mol. The van der Waals surface area contributed by atoms with E-state index in [0.717, 1.165) is 17.3 Å². The summed E-state index contributed by atoms with van der Waals surface area (Å²) >= 11 is 7.30. The van der Waals surface area contributed by atoms with Gasteiger partial charge in [0.25, 0.3) is 16.8 Å². The third-order valence-electron chi connectivity index (χ3n) is 5.11. The number of ether oxygens (including phenoxy) is 2. The molecule has 0 radical (unpaired) electrons. The summed E-state index contributed by atoms with van der Waals surface area (Å²) in [4.78, 5) is 37.3. The zero-order valence-electron chi connectivity index (χ0n) is 18.5. The summed E-state index contributed by atoms with van der Waals surface area (Å²) in [5.74, 6) is 0.192. The van der Waals surface area contributed by atoms with Crippen LogP contribution in [0.25, 0.3) is 6.08 Å². The van der Waals surface area contributed by atoms with E-state index >= 15 is 0 Å². The molecular formula is C25H19ClN2O6S. The topological polar surface area (TPSA) is 99.0 Å². The first kappa shape index (κ1) is 24.3. The Morgan fingerprint density at radius 3 is 2.51 bits per heavy atom. The smallest absolute Gasteiger partial charge is 0.293 e. The summed E-state index contributed by atoms with van der Waals surface area (Å²) in [5.41, 5.74) is 1.96. The van der Waals surface area contributed by atoms with E-state index in [1.54, 1.807) is 30.3 Å². The predicted molar refractivity (Wildman–Crippen MR) is 133 cm³/mol. The molecule has 0 spiro atoms. The molecule has 1 aliphatic heterocycles. The van der Waals surface area contributed by atoms with Gasteiger partial charge < -0.3 is 9.47 Å². The van der Waals surface area contributed by atoms with Gasteiger partial charge in [0, 0.05) is 12.1 Å². The summed E-state index contributed by atoms with van der Waals surface area (Å²) in [7, 11) is 1.45. The minimum atomic E-state index is -0.479. The number of nitro benzene ring substituents is 1. The number of nitrogens with zero attached hydrogens (tertiary/aromatic N) is 2. The van der Waals surface area contributed by atoms with Gasteiger partial charge in [0.05, 0.1) is 28.5 Å². The molecule has 2 amide bonds. The maximum atomic E-state index is 12.8. The predicted octanol–water partition coefficient (Wildman–Crippen LogP) is 6.07. The number of rotatable bonds is 8. The first-order chi connectivity index (χ1) is 16.9. The van der Waals surface area contributed by atoms with Gasteiger partial charge in [0.1, 0.15) is 6.61 Å². The number of carbonyl (C=O) groups is 2. The number of amides is 2. The quantitative estimate of drug-likeness (QED) is 0.206. The molecule has 0 aliphatic carbocycles. The zero-order valence-corrected chi connectivity index (χ0v) is 20.0. The van der Waals surface area contributed by atoms with Crippen LogP contribution in [-0.4, -0.2) is 28.1 Å². The summed E-state index contributed by atoms with van der Waals surface area (Å²) in [6.07, 6.45) is 1.58. The molecule has 0 saturated carbocycles. The van der Waals surface area contributed by atoms with Crippen molar-refractivity contribution in [3.63, 3.8) is 0 Å². The lowest BCUT2D eigenvalue weighted by Crippen LogP contribution is -2.27. The number of methoxy groups -OCH3 is 1. The second-order valence-electron chi connectivity index (χ2n) is 7.50. The third kappa shape index (κ3) is 5.64. The molecule has 1 aliphatic rings. The highest BCUT2D eigenvalue weighted by Crippen LogP contribution is 2.39. The molecule has 0 unspecified atom stereocenters. The molecule has 1 fully saturated rings. The largest absolute Gasteiger partial charge is 0.493 e. The number of imide groups is 1. The Morgan fingerprint density at radius 1 is 1.06 bits per heavy atom. The van der Waals surface area contributed by atoms with E-state index in [4.69, 9.17) is 21.1 Å². The Bertz CT molecular complexity index is 1330.